The molecule has 1 saturated heterocycles. The van der Waals surface area contributed by atoms with E-state index >= 15 is 0 Å². The summed E-state index contributed by atoms with van der Waals surface area (Å²) in [5, 5.41) is 20.2. The molecule has 0 bridgehead atoms. The Morgan fingerprint density at radius 2 is 1.74 bits per heavy atom. The van der Waals surface area contributed by atoms with Crippen molar-refractivity contribution in [1.29, 1.82) is 0 Å². The SMILES string of the molecule is CN1C(C)(C)C[N+](=O)C(CCOC(=O)CCc2cc(-n3nc4ccccc4n3)c(O)c(C(C)(C)C)c2)C1(C)C. The molecule has 2 heterocycles. The molecule has 4 rings (SSSR count). The van der Waals surface area contributed by atoms with Gasteiger partial charge in [0.1, 0.15) is 22.5 Å². The van der Waals surface area contributed by atoms with Crippen molar-refractivity contribution in [2.45, 2.75) is 90.3 Å². The molecule has 39 heavy (non-hydrogen) atoms. The molecule has 0 radical (unpaired) electrons. The Hall–Kier alpha value is -3.33. The Bertz CT molecular complexity index is 1350. The Balaban J connectivity index is 1.45. The van der Waals surface area contributed by atoms with Crippen LogP contribution in [0.2, 0.25) is 0 Å². The summed E-state index contributed by atoms with van der Waals surface area (Å²) in [6, 6.07) is 11.0. The molecule has 1 N–H and O–H groups in total. The molecule has 0 aliphatic carbocycles. The van der Waals surface area contributed by atoms with E-state index in [0.717, 1.165) is 26.9 Å². The van der Waals surface area contributed by atoms with Crippen LogP contribution in [-0.2, 0) is 21.4 Å². The summed E-state index contributed by atoms with van der Waals surface area (Å²) < 4.78 is 6.71. The van der Waals surface area contributed by atoms with E-state index in [2.05, 4.69) is 42.8 Å². The zero-order chi connectivity index (χ0) is 28.8. The predicted molar refractivity (Wildman–Crippen MR) is 151 cm³/mol. The van der Waals surface area contributed by atoms with E-state index in [4.69, 9.17) is 4.74 Å². The number of aryl methyl sites for hydroxylation is 1. The van der Waals surface area contributed by atoms with Crippen molar-refractivity contribution in [1.82, 2.24) is 19.9 Å². The topological polar surface area (TPSA) is 101 Å². The summed E-state index contributed by atoms with van der Waals surface area (Å²) in [7, 11) is 2.05. The van der Waals surface area contributed by atoms with Gasteiger partial charge in [-0.05, 0) is 70.3 Å². The van der Waals surface area contributed by atoms with Crippen LogP contribution in [0.1, 0.15) is 72.4 Å². The summed E-state index contributed by atoms with van der Waals surface area (Å²) in [6.07, 6.45) is 1.10. The van der Waals surface area contributed by atoms with Crippen LogP contribution in [0.4, 0.5) is 0 Å². The molecule has 0 saturated carbocycles. The van der Waals surface area contributed by atoms with Crippen molar-refractivity contribution in [2.75, 3.05) is 20.2 Å². The first-order valence-electron chi connectivity index (χ1n) is 13.6. The molecule has 210 valence electrons. The number of rotatable bonds is 7. The second-order valence-electron chi connectivity index (χ2n) is 12.9. The lowest BCUT2D eigenvalue weighted by Gasteiger charge is -2.49. The highest BCUT2D eigenvalue weighted by Gasteiger charge is 2.55. The molecule has 1 aliphatic heterocycles. The number of hydrogen-bond acceptors (Lipinski definition) is 7. The lowest BCUT2D eigenvalue weighted by molar-refractivity contribution is -0.627. The third kappa shape index (κ3) is 5.83. The van der Waals surface area contributed by atoms with Gasteiger partial charge in [-0.15, -0.1) is 15.0 Å². The average Bonchev–Trinajstić information content (AvgIpc) is 3.27. The average molecular weight is 537 g/mol. The van der Waals surface area contributed by atoms with E-state index in [1.165, 1.54) is 4.80 Å². The maximum atomic E-state index is 12.8. The Morgan fingerprint density at radius 1 is 1.13 bits per heavy atom. The molecule has 1 aromatic heterocycles. The summed E-state index contributed by atoms with van der Waals surface area (Å²) >= 11 is 0. The fourth-order valence-corrected chi connectivity index (χ4v) is 5.57. The van der Waals surface area contributed by atoms with Gasteiger partial charge in [0.05, 0.1) is 17.7 Å². The van der Waals surface area contributed by atoms with Crippen molar-refractivity contribution >= 4 is 17.0 Å². The van der Waals surface area contributed by atoms with E-state index in [9.17, 15) is 14.8 Å². The Kier molecular flexibility index (Phi) is 7.60. The number of ether oxygens (including phenoxy) is 1. The number of phenolic OH excluding ortho intramolecular Hbond substituents is 1. The van der Waals surface area contributed by atoms with E-state index < -0.39 is 0 Å². The lowest BCUT2D eigenvalue weighted by atomic mass is 9.82. The monoisotopic (exact) mass is 536 g/mol. The van der Waals surface area contributed by atoms with Crippen molar-refractivity contribution in [3.8, 4) is 11.4 Å². The van der Waals surface area contributed by atoms with Gasteiger partial charge in [-0.1, -0.05) is 39.0 Å². The van der Waals surface area contributed by atoms with Crippen molar-refractivity contribution in [3.63, 3.8) is 0 Å². The van der Waals surface area contributed by atoms with Gasteiger partial charge in [-0.2, -0.15) is 0 Å². The highest BCUT2D eigenvalue weighted by Crippen LogP contribution is 2.37. The number of esters is 1. The van der Waals surface area contributed by atoms with Crippen LogP contribution >= 0.6 is 0 Å². The van der Waals surface area contributed by atoms with Crippen LogP contribution in [0.25, 0.3) is 16.7 Å². The summed E-state index contributed by atoms with van der Waals surface area (Å²) in [5.74, 6) is -0.191. The van der Waals surface area contributed by atoms with Gasteiger partial charge in [0.2, 0.25) is 12.6 Å². The van der Waals surface area contributed by atoms with Gasteiger partial charge in [-0.25, -0.2) is 0 Å². The molecule has 1 aliphatic rings. The van der Waals surface area contributed by atoms with Crippen LogP contribution in [0.15, 0.2) is 36.4 Å². The van der Waals surface area contributed by atoms with Gasteiger partial charge in [-0.3, -0.25) is 9.69 Å². The maximum absolute atomic E-state index is 12.8. The molecule has 1 atom stereocenters. The van der Waals surface area contributed by atoms with Crippen LogP contribution < -0.4 is 0 Å². The second-order valence-corrected chi connectivity index (χ2v) is 12.9. The first kappa shape index (κ1) is 28.7. The predicted octanol–water partition coefficient (Wildman–Crippen LogP) is 4.94. The molecule has 2 aromatic carbocycles. The normalized spacial score (nSPS) is 19.4. The fourth-order valence-electron chi connectivity index (χ4n) is 5.57. The van der Waals surface area contributed by atoms with Crippen LogP contribution in [0, 0.1) is 4.91 Å². The number of likely N-dealkylation sites (N-methyl/N-ethyl adjacent to an activating group) is 1. The number of piperazine rings is 1. The molecule has 9 heteroatoms. The molecule has 0 amide bonds. The third-order valence-corrected chi connectivity index (χ3v) is 8.21. The highest BCUT2D eigenvalue weighted by atomic mass is 16.5. The van der Waals surface area contributed by atoms with Gasteiger partial charge in [0, 0.05) is 28.1 Å². The molecule has 0 spiro atoms. The van der Waals surface area contributed by atoms with E-state index in [1.54, 1.807) is 0 Å². The standard InChI is InChI=1S/C30H41N5O4/c1-28(2,3)21-17-20(18-24(27(21)37)35-31-22-11-9-10-12-23(22)32-35)13-14-26(36)39-16-15-25-30(6,7)33(8)29(4,5)19-34(25)38/h9-12,17-18,25H,13-16,19H2,1-8H3/p+1. The molecule has 1 unspecified atom stereocenters. The lowest BCUT2D eigenvalue weighted by Crippen LogP contribution is -2.69. The minimum atomic E-state index is -0.354. The Morgan fingerprint density at radius 3 is 2.33 bits per heavy atom. The van der Waals surface area contributed by atoms with Gasteiger partial charge in [0.15, 0.2) is 0 Å². The molecule has 3 aromatic rings. The first-order chi connectivity index (χ1) is 18.1. The smallest absolute Gasteiger partial charge is 0.306 e. The first-order valence-corrected chi connectivity index (χ1v) is 13.6. The number of aromatic nitrogens is 3. The number of carbonyl (C=O) groups excluding carboxylic acids is 1. The summed E-state index contributed by atoms with van der Waals surface area (Å²) in [4.78, 5) is 29.2. The minimum Gasteiger partial charge on any atom is -0.505 e. The summed E-state index contributed by atoms with van der Waals surface area (Å²) in [5.41, 5.74) is 2.66. The van der Waals surface area contributed by atoms with Gasteiger partial charge < -0.3 is 9.84 Å². The second kappa shape index (κ2) is 10.3. The van der Waals surface area contributed by atoms with Gasteiger partial charge in [0.25, 0.3) is 0 Å². The highest BCUT2D eigenvalue weighted by molar-refractivity contribution is 5.74. The fraction of sp³-hybridized carbons (Fsp3) is 0.567. The number of benzene rings is 2. The van der Waals surface area contributed by atoms with Crippen molar-refractivity contribution < 1.29 is 19.4 Å². The number of fused-ring (bicyclic) bond motifs is 1. The van der Waals surface area contributed by atoms with Gasteiger partial charge >= 0.3 is 5.97 Å². The van der Waals surface area contributed by atoms with E-state index in [-0.39, 0.29) is 47.3 Å². The quantitative estimate of drug-likeness (QED) is 0.337. The number of aromatic hydroxyl groups is 1. The van der Waals surface area contributed by atoms with E-state index in [1.807, 2.05) is 64.2 Å². The summed E-state index contributed by atoms with van der Waals surface area (Å²) in [6.45, 7) is 15.0. The minimum absolute atomic E-state index is 0.125. The molecular formula is C30H42N5O4+. The van der Waals surface area contributed by atoms with Crippen LogP contribution in [0.3, 0.4) is 0 Å². The van der Waals surface area contributed by atoms with Crippen LogP contribution in [-0.4, -0.2) is 73.0 Å². The molecular weight excluding hydrogens is 494 g/mol. The van der Waals surface area contributed by atoms with Crippen LogP contribution in [0.5, 0.6) is 5.75 Å². The molecule has 1 fully saturated rings. The Labute approximate surface area is 230 Å². The number of nitrogens with zero attached hydrogens (tertiary/aromatic N) is 5. The maximum Gasteiger partial charge on any atom is 0.306 e. The van der Waals surface area contributed by atoms with Crippen molar-refractivity contribution in [3.05, 3.63) is 52.4 Å². The third-order valence-electron chi connectivity index (χ3n) is 8.21. The van der Waals surface area contributed by atoms with E-state index in [0.29, 0.717) is 25.1 Å². The van der Waals surface area contributed by atoms with Crippen molar-refractivity contribution in [2.24, 2.45) is 0 Å². The number of hydrogen-bond donors (Lipinski definition) is 1. The number of nitroso groups, excluding NO2 is 1. The molecule has 9 nitrogen and oxygen atoms in total. The zero-order valence-corrected chi connectivity index (χ0v) is 24.5. The number of carbonyl (C=O) groups is 1. The largest absolute Gasteiger partial charge is 0.505 e. The zero-order valence-electron chi connectivity index (χ0n) is 24.5. The number of phenols is 1.